The Morgan fingerprint density at radius 2 is 1.88 bits per heavy atom. The summed E-state index contributed by atoms with van der Waals surface area (Å²) in [5.74, 6) is -0.176. The number of halogens is 1. The maximum atomic E-state index is 11.3. The van der Waals surface area contributed by atoms with Crippen molar-refractivity contribution in [3.63, 3.8) is 0 Å². The first-order valence-corrected chi connectivity index (χ1v) is 5.56. The third-order valence-electron chi connectivity index (χ3n) is 2.56. The van der Waals surface area contributed by atoms with E-state index in [-0.39, 0.29) is 11.5 Å². The summed E-state index contributed by atoms with van der Waals surface area (Å²) in [5.41, 5.74) is 1.97. The van der Waals surface area contributed by atoms with Crippen LogP contribution in [0.1, 0.15) is 17.3 Å². The Labute approximate surface area is 104 Å². The van der Waals surface area contributed by atoms with Gasteiger partial charge in [-0.2, -0.15) is 0 Å². The maximum absolute atomic E-state index is 11.3. The number of hydrogen-bond donors (Lipinski definition) is 1. The minimum Gasteiger partial charge on any atom is -0.507 e. The molecule has 0 spiro atoms. The van der Waals surface area contributed by atoms with Crippen molar-refractivity contribution in [2.45, 2.75) is 6.92 Å². The zero-order chi connectivity index (χ0) is 12.4. The van der Waals surface area contributed by atoms with Crippen molar-refractivity contribution in [2.24, 2.45) is 0 Å². The summed E-state index contributed by atoms with van der Waals surface area (Å²) in [6.07, 6.45) is 0. The van der Waals surface area contributed by atoms with E-state index in [4.69, 9.17) is 11.6 Å². The Kier molecular flexibility index (Phi) is 3.16. The van der Waals surface area contributed by atoms with Gasteiger partial charge in [-0.15, -0.1) is 0 Å². The number of carbonyl (C=O) groups excluding carboxylic acids is 1. The molecule has 0 aliphatic rings. The molecule has 0 unspecified atom stereocenters. The zero-order valence-electron chi connectivity index (χ0n) is 9.27. The van der Waals surface area contributed by atoms with Crippen molar-refractivity contribution in [1.82, 2.24) is 0 Å². The van der Waals surface area contributed by atoms with Crippen LogP contribution in [0.25, 0.3) is 11.1 Å². The highest BCUT2D eigenvalue weighted by molar-refractivity contribution is 6.33. The largest absolute Gasteiger partial charge is 0.507 e. The van der Waals surface area contributed by atoms with Crippen LogP contribution in [0.4, 0.5) is 0 Å². The summed E-state index contributed by atoms with van der Waals surface area (Å²) in [5, 5.41) is 10.2. The topological polar surface area (TPSA) is 37.3 Å². The Morgan fingerprint density at radius 1 is 1.18 bits per heavy atom. The molecule has 2 aromatic rings. The number of carbonyl (C=O) groups is 1. The van der Waals surface area contributed by atoms with Crippen LogP contribution < -0.4 is 0 Å². The summed E-state index contributed by atoms with van der Waals surface area (Å²) in [6.45, 7) is 1.42. The highest BCUT2D eigenvalue weighted by Gasteiger charge is 2.09. The lowest BCUT2D eigenvalue weighted by atomic mass is 10.0. The number of benzene rings is 2. The second kappa shape index (κ2) is 4.60. The zero-order valence-corrected chi connectivity index (χ0v) is 10.0. The Bertz CT molecular complexity index is 576. The molecule has 2 aromatic carbocycles. The van der Waals surface area contributed by atoms with Crippen molar-refractivity contribution < 1.29 is 9.90 Å². The molecule has 2 rings (SSSR count). The molecule has 0 heterocycles. The number of ketones is 1. The van der Waals surface area contributed by atoms with Crippen LogP contribution in [0, 0.1) is 0 Å². The van der Waals surface area contributed by atoms with Crippen molar-refractivity contribution in [3.05, 3.63) is 53.1 Å². The molecule has 2 nitrogen and oxygen atoms in total. The van der Waals surface area contributed by atoms with Crippen molar-refractivity contribution in [1.29, 1.82) is 0 Å². The fourth-order valence-electron chi connectivity index (χ4n) is 1.68. The number of phenolic OH excluding ortho intramolecular Hbond substituents is 1. The molecule has 0 fully saturated rings. The highest BCUT2D eigenvalue weighted by Crippen LogP contribution is 2.30. The average molecular weight is 247 g/mol. The summed E-state index contributed by atoms with van der Waals surface area (Å²) in [6, 6.07) is 12.3. The molecule has 0 aliphatic carbocycles. The fourth-order valence-corrected chi connectivity index (χ4v) is 1.93. The number of rotatable bonds is 2. The van der Waals surface area contributed by atoms with E-state index < -0.39 is 0 Å². The maximum Gasteiger partial charge on any atom is 0.163 e. The molecule has 0 radical (unpaired) electrons. The van der Waals surface area contributed by atoms with Gasteiger partial charge in [0, 0.05) is 10.6 Å². The molecule has 0 saturated heterocycles. The van der Waals surface area contributed by atoms with E-state index >= 15 is 0 Å². The first-order chi connectivity index (χ1) is 8.09. The minimum absolute atomic E-state index is 0.00620. The highest BCUT2D eigenvalue weighted by atomic mass is 35.5. The molecule has 0 amide bonds. The van der Waals surface area contributed by atoms with Crippen molar-refractivity contribution >= 4 is 17.4 Å². The molecule has 0 atom stereocenters. The molecule has 86 valence electrons. The molecular weight excluding hydrogens is 236 g/mol. The lowest BCUT2D eigenvalue weighted by molar-refractivity contribution is 0.101. The van der Waals surface area contributed by atoms with Gasteiger partial charge < -0.3 is 5.11 Å². The van der Waals surface area contributed by atoms with Gasteiger partial charge in [0.15, 0.2) is 5.78 Å². The SMILES string of the molecule is CC(=O)c1cc(-c2ccccc2Cl)ccc1O. The smallest absolute Gasteiger partial charge is 0.163 e. The van der Waals surface area contributed by atoms with Gasteiger partial charge in [-0.05, 0) is 30.7 Å². The standard InChI is InChI=1S/C14H11ClO2/c1-9(16)12-8-10(6-7-14(12)17)11-4-2-3-5-13(11)15/h2-8,17H,1H3. The van der Waals surface area contributed by atoms with E-state index in [0.717, 1.165) is 11.1 Å². The van der Waals surface area contributed by atoms with E-state index in [1.807, 2.05) is 18.2 Å². The Hall–Kier alpha value is -1.80. The third kappa shape index (κ3) is 2.32. The van der Waals surface area contributed by atoms with Gasteiger partial charge in [-0.1, -0.05) is 35.9 Å². The van der Waals surface area contributed by atoms with Gasteiger partial charge in [-0.3, -0.25) is 4.79 Å². The number of hydrogen-bond acceptors (Lipinski definition) is 2. The average Bonchev–Trinajstić information content (AvgIpc) is 2.30. The Balaban J connectivity index is 2.58. The van der Waals surface area contributed by atoms with Crippen molar-refractivity contribution in [2.75, 3.05) is 0 Å². The van der Waals surface area contributed by atoms with E-state index in [0.29, 0.717) is 10.6 Å². The fraction of sp³-hybridized carbons (Fsp3) is 0.0714. The summed E-state index contributed by atoms with van der Waals surface area (Å²) in [4.78, 5) is 11.3. The quantitative estimate of drug-likeness (QED) is 0.816. The minimum atomic E-state index is -0.170. The van der Waals surface area contributed by atoms with Gasteiger partial charge in [0.05, 0.1) is 5.56 Å². The van der Waals surface area contributed by atoms with E-state index in [1.54, 1.807) is 18.2 Å². The molecule has 0 aromatic heterocycles. The van der Waals surface area contributed by atoms with Crippen LogP contribution >= 0.6 is 11.6 Å². The van der Waals surface area contributed by atoms with E-state index in [9.17, 15) is 9.90 Å². The Morgan fingerprint density at radius 3 is 2.53 bits per heavy atom. The second-order valence-corrected chi connectivity index (χ2v) is 4.18. The van der Waals surface area contributed by atoms with Crippen LogP contribution in [0.5, 0.6) is 5.75 Å². The van der Waals surface area contributed by atoms with Crippen LogP contribution in [-0.4, -0.2) is 10.9 Å². The summed E-state index contributed by atoms with van der Waals surface area (Å²) >= 11 is 6.08. The summed E-state index contributed by atoms with van der Waals surface area (Å²) in [7, 11) is 0. The summed E-state index contributed by atoms with van der Waals surface area (Å²) < 4.78 is 0. The molecule has 0 bridgehead atoms. The molecular formula is C14H11ClO2. The normalized spacial score (nSPS) is 10.2. The van der Waals surface area contributed by atoms with Gasteiger partial charge >= 0.3 is 0 Å². The van der Waals surface area contributed by atoms with Crippen LogP contribution in [0.15, 0.2) is 42.5 Å². The molecule has 0 saturated carbocycles. The molecule has 0 aliphatic heterocycles. The lowest BCUT2D eigenvalue weighted by Crippen LogP contribution is -1.93. The first kappa shape index (κ1) is 11.7. The van der Waals surface area contributed by atoms with Gasteiger partial charge in [0.2, 0.25) is 0 Å². The number of phenols is 1. The van der Waals surface area contributed by atoms with E-state index in [2.05, 4.69) is 0 Å². The van der Waals surface area contributed by atoms with Crippen LogP contribution in [0.3, 0.4) is 0 Å². The predicted octanol–water partition coefficient (Wildman–Crippen LogP) is 3.92. The molecule has 3 heteroatoms. The van der Waals surface area contributed by atoms with Gasteiger partial charge in [0.1, 0.15) is 5.75 Å². The van der Waals surface area contributed by atoms with E-state index in [1.165, 1.54) is 13.0 Å². The van der Waals surface area contributed by atoms with Gasteiger partial charge in [0.25, 0.3) is 0 Å². The number of Topliss-reactive ketones (excluding diaryl/α,β-unsaturated/α-hetero) is 1. The van der Waals surface area contributed by atoms with Gasteiger partial charge in [-0.25, -0.2) is 0 Å². The lowest BCUT2D eigenvalue weighted by Gasteiger charge is -2.07. The van der Waals surface area contributed by atoms with Crippen LogP contribution in [0.2, 0.25) is 5.02 Å². The van der Waals surface area contributed by atoms with Crippen molar-refractivity contribution in [3.8, 4) is 16.9 Å². The van der Waals surface area contributed by atoms with Crippen LogP contribution in [-0.2, 0) is 0 Å². The molecule has 1 N–H and O–H groups in total. The number of aromatic hydroxyl groups is 1. The second-order valence-electron chi connectivity index (χ2n) is 3.77. The first-order valence-electron chi connectivity index (χ1n) is 5.18. The predicted molar refractivity (Wildman–Crippen MR) is 68.6 cm³/mol. The monoisotopic (exact) mass is 246 g/mol. The molecule has 17 heavy (non-hydrogen) atoms. The third-order valence-corrected chi connectivity index (χ3v) is 2.89.